The summed E-state index contributed by atoms with van der Waals surface area (Å²) in [5.41, 5.74) is 1.95. The summed E-state index contributed by atoms with van der Waals surface area (Å²) in [5, 5.41) is 3.72. The molecule has 0 spiro atoms. The minimum absolute atomic E-state index is 0.0847. The van der Waals surface area contributed by atoms with E-state index in [1.807, 2.05) is 29.2 Å². The van der Waals surface area contributed by atoms with Crippen molar-refractivity contribution >= 4 is 5.91 Å². The van der Waals surface area contributed by atoms with E-state index in [1.165, 1.54) is 5.56 Å². The molecule has 2 aliphatic rings. The van der Waals surface area contributed by atoms with Gasteiger partial charge in [-0.1, -0.05) is 18.2 Å². The molecule has 1 fully saturated rings. The van der Waals surface area contributed by atoms with Gasteiger partial charge in [0.15, 0.2) is 0 Å². The molecule has 130 valence electrons. The Labute approximate surface area is 148 Å². The van der Waals surface area contributed by atoms with Gasteiger partial charge >= 0.3 is 0 Å². The molecule has 1 atom stereocenters. The van der Waals surface area contributed by atoms with E-state index in [-0.39, 0.29) is 5.91 Å². The number of fused-ring (bicyclic) bond motifs is 1. The van der Waals surface area contributed by atoms with Gasteiger partial charge < -0.3 is 15.0 Å². The molecule has 1 aromatic heterocycles. The Morgan fingerprint density at radius 3 is 2.76 bits per heavy atom. The van der Waals surface area contributed by atoms with Crippen molar-refractivity contribution in [2.24, 2.45) is 0 Å². The number of pyridine rings is 1. The minimum atomic E-state index is 0.0847. The van der Waals surface area contributed by atoms with E-state index < -0.39 is 0 Å². The molecule has 1 N–H and O–H groups in total. The number of rotatable bonds is 3. The Bertz CT molecular complexity index is 727. The van der Waals surface area contributed by atoms with Gasteiger partial charge in [-0.15, -0.1) is 0 Å². The van der Waals surface area contributed by atoms with Crippen molar-refractivity contribution in [3.63, 3.8) is 0 Å². The highest BCUT2D eigenvalue weighted by Gasteiger charge is 2.27. The monoisotopic (exact) mass is 337 g/mol. The van der Waals surface area contributed by atoms with Gasteiger partial charge in [0.1, 0.15) is 12.4 Å². The van der Waals surface area contributed by atoms with E-state index in [4.69, 9.17) is 4.74 Å². The predicted octanol–water partition coefficient (Wildman–Crippen LogP) is 2.28. The van der Waals surface area contributed by atoms with Crippen LogP contribution in [0.25, 0.3) is 0 Å². The minimum Gasteiger partial charge on any atom is -0.492 e. The Balaban J connectivity index is 1.29. The fourth-order valence-corrected chi connectivity index (χ4v) is 3.69. The molecule has 2 aliphatic heterocycles. The first-order valence-electron chi connectivity index (χ1n) is 8.95. The lowest BCUT2D eigenvalue weighted by Crippen LogP contribution is -2.50. The summed E-state index contributed by atoms with van der Waals surface area (Å²) in [6.45, 7) is 2.29. The third-order valence-corrected chi connectivity index (χ3v) is 5.04. The number of aromatic nitrogens is 1. The predicted molar refractivity (Wildman–Crippen MR) is 95.7 cm³/mol. The van der Waals surface area contributed by atoms with Crippen LogP contribution in [-0.2, 0) is 6.42 Å². The van der Waals surface area contributed by atoms with Crippen LogP contribution in [0.4, 0.5) is 0 Å². The molecular weight excluding hydrogens is 314 g/mol. The zero-order valence-electron chi connectivity index (χ0n) is 14.2. The Morgan fingerprint density at radius 1 is 1.12 bits per heavy atom. The van der Waals surface area contributed by atoms with E-state index in [9.17, 15) is 4.79 Å². The van der Waals surface area contributed by atoms with Gasteiger partial charge in [0.05, 0.1) is 5.56 Å². The Hall–Kier alpha value is -2.40. The fourth-order valence-electron chi connectivity index (χ4n) is 3.69. The first-order chi connectivity index (χ1) is 12.3. The van der Waals surface area contributed by atoms with Gasteiger partial charge in [0.25, 0.3) is 5.91 Å². The average molecular weight is 337 g/mol. The molecule has 0 aliphatic carbocycles. The lowest BCUT2D eigenvalue weighted by atomic mass is 9.99. The second-order valence-corrected chi connectivity index (χ2v) is 6.79. The number of nitrogens with zero attached hydrogens (tertiary/aromatic N) is 2. The molecule has 4 rings (SSSR count). The van der Waals surface area contributed by atoms with Gasteiger partial charge in [-0.25, -0.2) is 0 Å². The van der Waals surface area contributed by atoms with Crippen molar-refractivity contribution in [2.75, 3.05) is 19.7 Å². The smallest absolute Gasteiger partial charge is 0.255 e. The summed E-state index contributed by atoms with van der Waals surface area (Å²) in [7, 11) is 0. The zero-order chi connectivity index (χ0) is 17.1. The van der Waals surface area contributed by atoms with Crippen molar-refractivity contribution in [3.05, 3.63) is 59.9 Å². The third-order valence-electron chi connectivity index (χ3n) is 5.04. The van der Waals surface area contributed by atoms with Crippen LogP contribution in [0.15, 0.2) is 48.8 Å². The molecule has 25 heavy (non-hydrogen) atoms. The molecule has 3 heterocycles. The zero-order valence-corrected chi connectivity index (χ0v) is 14.2. The van der Waals surface area contributed by atoms with Crippen LogP contribution >= 0.6 is 0 Å². The molecule has 5 nitrogen and oxygen atoms in total. The van der Waals surface area contributed by atoms with E-state index in [0.717, 1.165) is 38.1 Å². The number of benzene rings is 1. The quantitative estimate of drug-likeness (QED) is 0.934. The Morgan fingerprint density at radius 2 is 1.96 bits per heavy atom. The molecule has 1 aromatic carbocycles. The number of carbonyl (C=O) groups is 1. The standard InChI is InChI=1S/C20H23N3O2/c24-20(16-5-3-9-21-13-16)23-10-7-17(8-11-23)22-18-12-15-4-1-2-6-19(15)25-14-18/h1-6,9,13,17-18,22H,7-8,10-12,14H2/t18-/m1/s1. The fraction of sp³-hybridized carbons (Fsp3) is 0.400. The number of hydrogen-bond acceptors (Lipinski definition) is 4. The SMILES string of the molecule is O=C(c1cccnc1)N1CCC(N[C@H]2COc3ccccc3C2)CC1. The number of nitrogens with one attached hydrogen (secondary N) is 1. The molecule has 0 bridgehead atoms. The van der Waals surface area contributed by atoms with Crippen LogP contribution in [0.3, 0.4) is 0 Å². The van der Waals surface area contributed by atoms with Gasteiger partial charge in [-0.05, 0) is 43.0 Å². The van der Waals surface area contributed by atoms with E-state index in [2.05, 4.69) is 22.4 Å². The van der Waals surface area contributed by atoms with Crippen LogP contribution in [0, 0.1) is 0 Å². The highest BCUT2D eigenvalue weighted by atomic mass is 16.5. The summed E-state index contributed by atoms with van der Waals surface area (Å²) in [4.78, 5) is 18.4. The van der Waals surface area contributed by atoms with Gasteiger partial charge in [-0.3, -0.25) is 9.78 Å². The van der Waals surface area contributed by atoms with Crippen molar-refractivity contribution < 1.29 is 9.53 Å². The van der Waals surface area contributed by atoms with Crippen molar-refractivity contribution in [1.82, 2.24) is 15.2 Å². The molecule has 0 radical (unpaired) electrons. The molecule has 2 aromatic rings. The second kappa shape index (κ2) is 7.23. The summed E-state index contributed by atoms with van der Waals surface area (Å²) in [6, 6.07) is 12.7. The van der Waals surface area contributed by atoms with Crippen LogP contribution in [0.1, 0.15) is 28.8 Å². The number of ether oxygens (including phenoxy) is 1. The topological polar surface area (TPSA) is 54.5 Å². The number of para-hydroxylation sites is 1. The maximum Gasteiger partial charge on any atom is 0.255 e. The molecule has 5 heteroatoms. The summed E-state index contributed by atoms with van der Waals surface area (Å²) in [6.07, 6.45) is 6.29. The van der Waals surface area contributed by atoms with Crippen LogP contribution in [0.2, 0.25) is 0 Å². The van der Waals surface area contributed by atoms with Crippen molar-refractivity contribution in [3.8, 4) is 5.75 Å². The van der Waals surface area contributed by atoms with Gasteiger partial charge in [0, 0.05) is 37.6 Å². The summed E-state index contributed by atoms with van der Waals surface area (Å²) in [5.74, 6) is 1.10. The second-order valence-electron chi connectivity index (χ2n) is 6.79. The average Bonchev–Trinajstić information content (AvgIpc) is 2.69. The molecule has 0 saturated carbocycles. The van der Waals surface area contributed by atoms with E-state index in [1.54, 1.807) is 12.4 Å². The largest absolute Gasteiger partial charge is 0.492 e. The highest BCUT2D eigenvalue weighted by Crippen LogP contribution is 2.24. The molecule has 1 amide bonds. The molecule has 0 unspecified atom stereocenters. The normalized spacial score (nSPS) is 20.6. The van der Waals surface area contributed by atoms with Crippen LogP contribution in [-0.4, -0.2) is 47.6 Å². The van der Waals surface area contributed by atoms with Crippen LogP contribution in [0.5, 0.6) is 5.75 Å². The number of piperidine rings is 1. The van der Waals surface area contributed by atoms with Crippen molar-refractivity contribution in [2.45, 2.75) is 31.3 Å². The van der Waals surface area contributed by atoms with E-state index >= 15 is 0 Å². The lowest BCUT2D eigenvalue weighted by molar-refractivity contribution is 0.0696. The number of likely N-dealkylation sites (tertiary alicyclic amines) is 1. The van der Waals surface area contributed by atoms with Gasteiger partial charge in [-0.2, -0.15) is 0 Å². The molecule has 1 saturated heterocycles. The Kier molecular flexibility index (Phi) is 4.65. The van der Waals surface area contributed by atoms with E-state index in [0.29, 0.717) is 24.3 Å². The number of hydrogen-bond donors (Lipinski definition) is 1. The maximum atomic E-state index is 12.5. The highest BCUT2D eigenvalue weighted by molar-refractivity contribution is 5.93. The van der Waals surface area contributed by atoms with Crippen molar-refractivity contribution in [1.29, 1.82) is 0 Å². The lowest BCUT2D eigenvalue weighted by Gasteiger charge is -2.36. The number of amides is 1. The maximum absolute atomic E-state index is 12.5. The molecular formula is C20H23N3O2. The van der Waals surface area contributed by atoms with Crippen LogP contribution < -0.4 is 10.1 Å². The third kappa shape index (κ3) is 3.66. The first kappa shape index (κ1) is 16.1. The van der Waals surface area contributed by atoms with Gasteiger partial charge in [0.2, 0.25) is 0 Å². The summed E-state index contributed by atoms with van der Waals surface area (Å²) < 4.78 is 5.86. The number of carbonyl (C=O) groups excluding carboxylic acids is 1. The summed E-state index contributed by atoms with van der Waals surface area (Å²) >= 11 is 0. The first-order valence-corrected chi connectivity index (χ1v) is 8.95.